The number of nitrogen functional groups attached to an aromatic ring is 1. The van der Waals surface area contributed by atoms with E-state index in [1.54, 1.807) is 12.1 Å². The average molecular weight is 243 g/mol. The van der Waals surface area contributed by atoms with Gasteiger partial charge in [0.05, 0.1) is 22.7 Å². The van der Waals surface area contributed by atoms with Crippen molar-refractivity contribution in [1.82, 2.24) is 5.16 Å². The standard InChI is InChI=1S/C12H13N5O/c13-5-7-3-9-11(18-16-12(9)15)10(4-7)17-2-1-8(14)6-17/h3-4,8H,1-2,6,14H2,(H2,15,16). The first kappa shape index (κ1) is 10.9. The summed E-state index contributed by atoms with van der Waals surface area (Å²) in [4.78, 5) is 2.11. The number of rotatable bonds is 1. The third-order valence-corrected chi connectivity index (χ3v) is 3.28. The minimum absolute atomic E-state index is 0.158. The van der Waals surface area contributed by atoms with E-state index < -0.39 is 0 Å². The molecule has 1 aromatic heterocycles. The molecule has 0 bridgehead atoms. The van der Waals surface area contributed by atoms with Crippen LogP contribution in [0, 0.1) is 11.3 Å². The topological polar surface area (TPSA) is 105 Å². The maximum Gasteiger partial charge on any atom is 0.192 e. The van der Waals surface area contributed by atoms with Crippen molar-refractivity contribution in [3.05, 3.63) is 17.7 Å². The molecule has 1 aliphatic heterocycles. The van der Waals surface area contributed by atoms with Gasteiger partial charge in [-0.3, -0.25) is 0 Å². The van der Waals surface area contributed by atoms with Crippen molar-refractivity contribution in [2.45, 2.75) is 12.5 Å². The van der Waals surface area contributed by atoms with Crippen LogP contribution in [0.3, 0.4) is 0 Å². The number of benzene rings is 1. The fraction of sp³-hybridized carbons (Fsp3) is 0.333. The molecule has 6 nitrogen and oxygen atoms in total. The predicted molar refractivity (Wildman–Crippen MR) is 67.9 cm³/mol. The van der Waals surface area contributed by atoms with Crippen molar-refractivity contribution in [2.24, 2.45) is 5.73 Å². The van der Waals surface area contributed by atoms with Gasteiger partial charge < -0.3 is 20.9 Å². The highest BCUT2D eigenvalue weighted by atomic mass is 16.5. The molecule has 1 aromatic carbocycles. The maximum atomic E-state index is 9.06. The number of hydrogen-bond acceptors (Lipinski definition) is 6. The van der Waals surface area contributed by atoms with E-state index in [2.05, 4.69) is 16.1 Å². The summed E-state index contributed by atoms with van der Waals surface area (Å²) in [6.45, 7) is 1.61. The van der Waals surface area contributed by atoms with E-state index >= 15 is 0 Å². The highest BCUT2D eigenvalue weighted by Gasteiger charge is 2.23. The van der Waals surface area contributed by atoms with E-state index in [0.717, 1.165) is 25.2 Å². The van der Waals surface area contributed by atoms with Crippen LogP contribution in [-0.2, 0) is 0 Å². The molecular weight excluding hydrogens is 230 g/mol. The van der Waals surface area contributed by atoms with Crippen molar-refractivity contribution in [1.29, 1.82) is 5.26 Å². The summed E-state index contributed by atoms with van der Waals surface area (Å²) in [5.41, 5.74) is 13.7. The molecule has 4 N–H and O–H groups in total. The van der Waals surface area contributed by atoms with E-state index in [4.69, 9.17) is 21.3 Å². The van der Waals surface area contributed by atoms with Gasteiger partial charge in [-0.05, 0) is 18.6 Å². The summed E-state index contributed by atoms with van der Waals surface area (Å²) in [5, 5.41) is 13.5. The summed E-state index contributed by atoms with van der Waals surface area (Å²) >= 11 is 0. The fourth-order valence-electron chi connectivity index (χ4n) is 2.35. The number of aromatic nitrogens is 1. The number of hydrogen-bond donors (Lipinski definition) is 2. The second-order valence-electron chi connectivity index (χ2n) is 4.55. The smallest absolute Gasteiger partial charge is 0.192 e. The molecule has 0 amide bonds. The Morgan fingerprint density at radius 3 is 3.00 bits per heavy atom. The van der Waals surface area contributed by atoms with E-state index in [-0.39, 0.29) is 6.04 Å². The summed E-state index contributed by atoms with van der Waals surface area (Å²) in [5.74, 6) is 0.312. The number of anilines is 2. The lowest BCUT2D eigenvalue weighted by Crippen LogP contribution is -2.26. The van der Waals surface area contributed by atoms with Gasteiger partial charge in [0.1, 0.15) is 0 Å². The molecule has 0 spiro atoms. The van der Waals surface area contributed by atoms with Crippen LogP contribution in [0.15, 0.2) is 16.7 Å². The molecular formula is C12H13N5O. The first-order valence-electron chi connectivity index (χ1n) is 5.78. The van der Waals surface area contributed by atoms with Crippen LogP contribution in [0.4, 0.5) is 11.5 Å². The van der Waals surface area contributed by atoms with E-state index in [1.165, 1.54) is 0 Å². The molecule has 1 fully saturated rings. The quantitative estimate of drug-likeness (QED) is 0.768. The molecule has 6 heteroatoms. The zero-order chi connectivity index (χ0) is 12.7. The number of nitrogens with zero attached hydrogens (tertiary/aromatic N) is 3. The van der Waals surface area contributed by atoms with Crippen LogP contribution in [0.5, 0.6) is 0 Å². The molecule has 1 atom stereocenters. The Balaban J connectivity index is 2.18. The van der Waals surface area contributed by atoms with E-state index in [9.17, 15) is 0 Å². The average Bonchev–Trinajstić information content (AvgIpc) is 2.96. The number of nitriles is 1. The number of nitrogens with two attached hydrogens (primary N) is 2. The lowest BCUT2D eigenvalue weighted by Gasteiger charge is -2.18. The van der Waals surface area contributed by atoms with Crippen molar-refractivity contribution >= 4 is 22.5 Å². The molecule has 0 aliphatic carbocycles. The van der Waals surface area contributed by atoms with Crippen LogP contribution < -0.4 is 16.4 Å². The van der Waals surface area contributed by atoms with Crippen molar-refractivity contribution in [3.63, 3.8) is 0 Å². The Morgan fingerprint density at radius 1 is 1.50 bits per heavy atom. The second-order valence-corrected chi connectivity index (χ2v) is 4.55. The SMILES string of the molecule is N#Cc1cc(N2CCC(N)C2)c2onc(N)c2c1. The molecule has 2 heterocycles. The second kappa shape index (κ2) is 3.89. The van der Waals surface area contributed by atoms with Gasteiger partial charge in [-0.2, -0.15) is 5.26 Å². The molecule has 1 aliphatic rings. The summed E-state index contributed by atoms with van der Waals surface area (Å²) in [6.07, 6.45) is 0.932. The highest BCUT2D eigenvalue weighted by molar-refractivity contribution is 5.97. The fourth-order valence-corrected chi connectivity index (χ4v) is 2.35. The summed E-state index contributed by atoms with van der Waals surface area (Å²) in [7, 11) is 0. The molecule has 0 saturated carbocycles. The molecule has 1 saturated heterocycles. The van der Waals surface area contributed by atoms with Gasteiger partial charge in [0.15, 0.2) is 11.4 Å². The predicted octanol–water partition coefficient (Wildman–Crippen LogP) is 0.819. The van der Waals surface area contributed by atoms with Crippen molar-refractivity contribution < 1.29 is 4.52 Å². The maximum absolute atomic E-state index is 9.06. The summed E-state index contributed by atoms with van der Waals surface area (Å²) < 4.78 is 5.26. The Bertz CT molecular complexity index is 642. The van der Waals surface area contributed by atoms with Gasteiger partial charge in [0.2, 0.25) is 0 Å². The largest absolute Gasteiger partial charge is 0.380 e. The molecule has 1 unspecified atom stereocenters. The molecule has 92 valence electrons. The molecule has 18 heavy (non-hydrogen) atoms. The Labute approximate surface area is 104 Å². The first-order valence-corrected chi connectivity index (χ1v) is 5.78. The lowest BCUT2D eigenvalue weighted by molar-refractivity contribution is 0.460. The van der Waals surface area contributed by atoms with E-state index in [0.29, 0.717) is 22.4 Å². The van der Waals surface area contributed by atoms with Gasteiger partial charge in [-0.15, -0.1) is 0 Å². The monoisotopic (exact) mass is 243 g/mol. The van der Waals surface area contributed by atoms with Gasteiger partial charge in [0.25, 0.3) is 0 Å². The minimum atomic E-state index is 0.158. The third kappa shape index (κ3) is 1.57. The van der Waals surface area contributed by atoms with Crippen LogP contribution in [-0.4, -0.2) is 24.3 Å². The van der Waals surface area contributed by atoms with Crippen molar-refractivity contribution in [3.8, 4) is 6.07 Å². The van der Waals surface area contributed by atoms with Gasteiger partial charge in [-0.1, -0.05) is 5.16 Å². The number of fused-ring (bicyclic) bond motifs is 1. The third-order valence-electron chi connectivity index (χ3n) is 3.28. The van der Waals surface area contributed by atoms with E-state index in [1.807, 2.05) is 0 Å². The van der Waals surface area contributed by atoms with Crippen LogP contribution in [0.2, 0.25) is 0 Å². The van der Waals surface area contributed by atoms with Crippen LogP contribution >= 0.6 is 0 Å². The Hall–Kier alpha value is -2.26. The van der Waals surface area contributed by atoms with Gasteiger partial charge >= 0.3 is 0 Å². The lowest BCUT2D eigenvalue weighted by atomic mass is 10.1. The van der Waals surface area contributed by atoms with Crippen molar-refractivity contribution in [2.75, 3.05) is 23.7 Å². The van der Waals surface area contributed by atoms with Gasteiger partial charge in [0, 0.05) is 19.1 Å². The molecule has 3 rings (SSSR count). The highest BCUT2D eigenvalue weighted by Crippen LogP contribution is 2.33. The normalized spacial score (nSPS) is 19.3. The van der Waals surface area contributed by atoms with Crippen LogP contribution in [0.25, 0.3) is 11.0 Å². The zero-order valence-electron chi connectivity index (χ0n) is 9.76. The van der Waals surface area contributed by atoms with Crippen LogP contribution in [0.1, 0.15) is 12.0 Å². The van der Waals surface area contributed by atoms with Gasteiger partial charge in [-0.25, -0.2) is 0 Å². The molecule has 2 aromatic rings. The Kier molecular flexibility index (Phi) is 2.35. The first-order chi connectivity index (χ1) is 8.69. The zero-order valence-corrected chi connectivity index (χ0v) is 9.76. The molecule has 0 radical (unpaired) electrons. The minimum Gasteiger partial charge on any atom is -0.380 e. The Morgan fingerprint density at radius 2 is 2.33 bits per heavy atom. The summed E-state index contributed by atoms with van der Waals surface area (Å²) in [6, 6.07) is 5.78.